The largest absolute Gasteiger partial charge is 0.381 e. The number of hydrogen-bond donors (Lipinski definition) is 1. The molecule has 0 aromatic carbocycles. The molecule has 1 N–H and O–H groups in total. The second-order valence-electron chi connectivity index (χ2n) is 4.44. The minimum absolute atomic E-state index is 0.544. The minimum Gasteiger partial charge on any atom is -0.381 e. The molecule has 1 unspecified atom stereocenters. The fourth-order valence-electron chi connectivity index (χ4n) is 2.27. The summed E-state index contributed by atoms with van der Waals surface area (Å²) in [5.74, 6) is 0.867. The molecule has 2 nitrogen and oxygen atoms in total. The molecule has 1 aliphatic carbocycles. The summed E-state index contributed by atoms with van der Waals surface area (Å²) in [5, 5.41) is 3.66. The average Bonchev–Trinajstić information content (AvgIpc) is 2.12. The van der Waals surface area contributed by atoms with Gasteiger partial charge >= 0.3 is 0 Å². The average molecular weight is 199 g/mol. The van der Waals surface area contributed by atoms with Crippen LogP contribution in [-0.2, 0) is 4.74 Å². The van der Waals surface area contributed by atoms with E-state index in [1.165, 1.54) is 38.6 Å². The summed E-state index contributed by atoms with van der Waals surface area (Å²) in [7, 11) is 1.83. The second-order valence-corrected chi connectivity index (χ2v) is 4.44. The van der Waals surface area contributed by atoms with Crippen molar-refractivity contribution in [3.8, 4) is 0 Å². The summed E-state index contributed by atoms with van der Waals surface area (Å²) < 4.78 is 5.32. The van der Waals surface area contributed by atoms with Crippen LogP contribution in [0.4, 0.5) is 0 Å². The van der Waals surface area contributed by atoms with E-state index in [1.807, 2.05) is 7.11 Å². The highest BCUT2D eigenvalue weighted by Crippen LogP contribution is 2.33. The Bertz CT molecular complexity index is 143. The number of ether oxygens (including phenoxy) is 1. The highest BCUT2D eigenvalue weighted by Gasteiger charge is 2.34. The van der Waals surface area contributed by atoms with Gasteiger partial charge in [0.15, 0.2) is 0 Å². The van der Waals surface area contributed by atoms with Crippen molar-refractivity contribution in [3.63, 3.8) is 0 Å². The van der Waals surface area contributed by atoms with Gasteiger partial charge in [-0.3, -0.25) is 0 Å². The van der Waals surface area contributed by atoms with Crippen LogP contribution in [0.2, 0.25) is 0 Å². The first-order chi connectivity index (χ1) is 6.81. The van der Waals surface area contributed by atoms with Gasteiger partial charge in [0, 0.05) is 13.2 Å². The minimum atomic E-state index is 0.544. The molecule has 0 amide bonds. The van der Waals surface area contributed by atoms with Gasteiger partial charge in [-0.15, -0.1) is 0 Å². The fraction of sp³-hybridized carbons (Fsp3) is 1.00. The summed E-state index contributed by atoms with van der Waals surface area (Å²) in [5.41, 5.74) is 0. The third-order valence-electron chi connectivity index (χ3n) is 3.29. The maximum absolute atomic E-state index is 5.32. The van der Waals surface area contributed by atoms with Gasteiger partial charge in [-0.1, -0.05) is 20.3 Å². The van der Waals surface area contributed by atoms with Crippen molar-refractivity contribution in [2.75, 3.05) is 13.7 Å². The van der Waals surface area contributed by atoms with Crippen molar-refractivity contribution in [3.05, 3.63) is 0 Å². The summed E-state index contributed by atoms with van der Waals surface area (Å²) in [6.07, 6.45) is 6.91. The summed E-state index contributed by atoms with van der Waals surface area (Å²) >= 11 is 0. The van der Waals surface area contributed by atoms with Crippen LogP contribution >= 0.6 is 0 Å². The highest BCUT2D eigenvalue weighted by molar-refractivity contribution is 4.88. The SMILES string of the molecule is CCCNC(CCC)C1CC(OC)C1. The zero-order chi connectivity index (χ0) is 10.4. The highest BCUT2D eigenvalue weighted by atomic mass is 16.5. The van der Waals surface area contributed by atoms with Crippen LogP contribution in [0.3, 0.4) is 0 Å². The van der Waals surface area contributed by atoms with Gasteiger partial charge in [0.05, 0.1) is 6.10 Å². The maximum Gasteiger partial charge on any atom is 0.0577 e. The van der Waals surface area contributed by atoms with E-state index >= 15 is 0 Å². The molecule has 0 bridgehead atoms. The predicted octanol–water partition coefficient (Wildman–Crippen LogP) is 2.58. The lowest BCUT2D eigenvalue weighted by atomic mass is 9.76. The van der Waals surface area contributed by atoms with E-state index in [4.69, 9.17) is 4.74 Å². The molecule has 0 saturated heterocycles. The Labute approximate surface area is 88.4 Å². The summed E-state index contributed by atoms with van der Waals surface area (Å²) in [6.45, 7) is 5.67. The lowest BCUT2D eigenvalue weighted by molar-refractivity contribution is -0.0132. The Hall–Kier alpha value is -0.0800. The molecule has 0 spiro atoms. The topological polar surface area (TPSA) is 21.3 Å². The zero-order valence-corrected chi connectivity index (χ0v) is 9.88. The van der Waals surface area contributed by atoms with E-state index in [-0.39, 0.29) is 0 Å². The first-order valence-electron chi connectivity index (χ1n) is 6.07. The number of rotatable bonds is 7. The van der Waals surface area contributed by atoms with E-state index in [0.717, 1.165) is 12.0 Å². The molecule has 1 saturated carbocycles. The number of nitrogens with one attached hydrogen (secondary N) is 1. The van der Waals surface area contributed by atoms with Crippen LogP contribution in [0, 0.1) is 5.92 Å². The quantitative estimate of drug-likeness (QED) is 0.680. The molecule has 0 aliphatic heterocycles. The molecule has 1 aliphatic rings. The molecular weight excluding hydrogens is 174 g/mol. The van der Waals surface area contributed by atoms with Crippen LogP contribution < -0.4 is 5.32 Å². The van der Waals surface area contributed by atoms with Crippen LogP contribution in [0.5, 0.6) is 0 Å². The third-order valence-corrected chi connectivity index (χ3v) is 3.29. The Morgan fingerprint density at radius 1 is 1.29 bits per heavy atom. The van der Waals surface area contributed by atoms with Crippen molar-refractivity contribution < 1.29 is 4.74 Å². The van der Waals surface area contributed by atoms with E-state index in [9.17, 15) is 0 Å². The monoisotopic (exact) mass is 199 g/mol. The Morgan fingerprint density at radius 3 is 2.50 bits per heavy atom. The van der Waals surface area contributed by atoms with Crippen molar-refractivity contribution in [2.45, 2.75) is 58.1 Å². The third kappa shape index (κ3) is 3.25. The molecule has 14 heavy (non-hydrogen) atoms. The van der Waals surface area contributed by atoms with Gasteiger partial charge in [0.25, 0.3) is 0 Å². The Kier molecular flexibility index (Phi) is 5.49. The normalized spacial score (nSPS) is 28.5. The van der Waals surface area contributed by atoms with Gasteiger partial charge in [0.2, 0.25) is 0 Å². The van der Waals surface area contributed by atoms with Gasteiger partial charge in [0.1, 0.15) is 0 Å². The zero-order valence-electron chi connectivity index (χ0n) is 9.88. The van der Waals surface area contributed by atoms with Gasteiger partial charge in [-0.25, -0.2) is 0 Å². The molecule has 0 heterocycles. The first kappa shape index (κ1) is 12.0. The van der Waals surface area contributed by atoms with Gasteiger partial charge in [-0.2, -0.15) is 0 Å². The van der Waals surface area contributed by atoms with E-state index in [0.29, 0.717) is 6.10 Å². The van der Waals surface area contributed by atoms with Crippen molar-refractivity contribution in [1.82, 2.24) is 5.32 Å². The van der Waals surface area contributed by atoms with Crippen molar-refractivity contribution in [1.29, 1.82) is 0 Å². The van der Waals surface area contributed by atoms with Crippen LogP contribution in [0.15, 0.2) is 0 Å². The smallest absolute Gasteiger partial charge is 0.0577 e. The van der Waals surface area contributed by atoms with Gasteiger partial charge < -0.3 is 10.1 Å². The molecule has 2 heteroatoms. The first-order valence-corrected chi connectivity index (χ1v) is 6.07. The van der Waals surface area contributed by atoms with Crippen LogP contribution in [0.1, 0.15) is 46.0 Å². The Balaban J connectivity index is 2.21. The van der Waals surface area contributed by atoms with E-state index in [2.05, 4.69) is 19.2 Å². The Morgan fingerprint density at radius 2 is 2.00 bits per heavy atom. The number of methoxy groups -OCH3 is 1. The molecule has 1 atom stereocenters. The maximum atomic E-state index is 5.32. The van der Waals surface area contributed by atoms with Crippen molar-refractivity contribution >= 4 is 0 Å². The molecule has 84 valence electrons. The lowest BCUT2D eigenvalue weighted by Crippen LogP contribution is -2.45. The van der Waals surface area contributed by atoms with Crippen LogP contribution in [0.25, 0.3) is 0 Å². The van der Waals surface area contributed by atoms with Crippen LogP contribution in [-0.4, -0.2) is 25.8 Å². The second kappa shape index (κ2) is 6.41. The summed E-state index contributed by atoms with van der Waals surface area (Å²) in [4.78, 5) is 0. The summed E-state index contributed by atoms with van der Waals surface area (Å²) in [6, 6.07) is 0.742. The molecular formula is C12H25NO. The lowest BCUT2D eigenvalue weighted by Gasteiger charge is -2.40. The predicted molar refractivity (Wildman–Crippen MR) is 60.5 cm³/mol. The van der Waals surface area contributed by atoms with E-state index < -0.39 is 0 Å². The molecule has 1 rings (SSSR count). The standard InChI is InChI=1S/C12H25NO/c1-4-6-12(13-7-5-2)10-8-11(9-10)14-3/h10-13H,4-9H2,1-3H3. The van der Waals surface area contributed by atoms with E-state index in [1.54, 1.807) is 0 Å². The molecule has 0 radical (unpaired) electrons. The number of hydrogen-bond acceptors (Lipinski definition) is 2. The molecule has 0 aromatic heterocycles. The van der Waals surface area contributed by atoms with Crippen molar-refractivity contribution in [2.24, 2.45) is 5.92 Å². The fourth-order valence-corrected chi connectivity index (χ4v) is 2.27. The van der Waals surface area contributed by atoms with Gasteiger partial charge in [-0.05, 0) is 38.1 Å². The molecule has 1 fully saturated rings. The molecule has 0 aromatic rings.